The van der Waals surface area contributed by atoms with Crippen LogP contribution in [-0.4, -0.2) is 130 Å². The van der Waals surface area contributed by atoms with Crippen molar-refractivity contribution < 1.29 is 46.2 Å². The molecule has 1 spiro atoms. The van der Waals surface area contributed by atoms with Gasteiger partial charge in [0.15, 0.2) is 11.4 Å². The first-order chi connectivity index (χ1) is 34.9. The van der Waals surface area contributed by atoms with E-state index in [1.165, 1.54) is 11.1 Å². The van der Waals surface area contributed by atoms with Crippen molar-refractivity contribution in [2.24, 2.45) is 5.41 Å². The first-order valence-electron chi connectivity index (χ1n) is 25.2. The largest absolute Gasteiger partial charge is 0.489 e. The molecule has 3 aromatic carbocycles. The van der Waals surface area contributed by atoms with Crippen molar-refractivity contribution in [3.05, 3.63) is 99.7 Å². The third kappa shape index (κ3) is 8.47. The predicted molar refractivity (Wildman–Crippen MR) is 266 cm³/mol. The number of rotatable bonds is 9. The topological polar surface area (TPSA) is 203 Å². The first-order valence-corrected chi connectivity index (χ1v) is 26.7. The van der Waals surface area contributed by atoms with Gasteiger partial charge in [0.1, 0.15) is 29.7 Å². The number of alkyl halides is 1. The van der Waals surface area contributed by atoms with Crippen molar-refractivity contribution >= 4 is 55.4 Å². The molecule has 7 aliphatic rings. The van der Waals surface area contributed by atoms with Gasteiger partial charge in [0.05, 0.1) is 52.4 Å². The molecule has 1 aliphatic carbocycles. The molecular weight excluding hydrogens is 948 g/mol. The van der Waals surface area contributed by atoms with Crippen molar-refractivity contribution in [1.82, 2.24) is 19.6 Å². The highest BCUT2D eigenvalue weighted by atomic mass is 32.2. The zero-order chi connectivity index (χ0) is 49.4. The van der Waals surface area contributed by atoms with E-state index in [2.05, 4.69) is 56.0 Å². The highest BCUT2D eigenvalue weighted by Gasteiger charge is 2.50. The Bertz CT molecular complexity index is 3020. The molecule has 0 radical (unpaired) electrons. The summed E-state index contributed by atoms with van der Waals surface area (Å²) in [5, 5.41) is 16.3. The van der Waals surface area contributed by atoms with Gasteiger partial charge in [-0.2, -0.15) is 4.98 Å². The molecule has 2 aromatic heterocycles. The van der Waals surface area contributed by atoms with Gasteiger partial charge in [-0.15, -0.1) is 0 Å². The molecule has 0 bridgehead atoms. The molecule has 5 aromatic rings. The molecular formula is C52H59FN8O10S. The molecule has 8 heterocycles. The lowest BCUT2D eigenvalue weighted by Gasteiger charge is -2.56. The number of fused-ring (bicyclic) bond motifs is 4. The Labute approximate surface area is 416 Å². The molecule has 4 saturated heterocycles. The number of carbonyl (C=O) groups is 1. The number of benzene rings is 3. The van der Waals surface area contributed by atoms with Gasteiger partial charge in [-0.05, 0) is 92.3 Å². The zero-order valence-corrected chi connectivity index (χ0v) is 41.0. The van der Waals surface area contributed by atoms with Gasteiger partial charge in [0, 0.05) is 94.3 Å². The fraction of sp³-hybridized carbons (Fsp3) is 0.500. The zero-order valence-electron chi connectivity index (χ0n) is 40.1. The van der Waals surface area contributed by atoms with Crippen molar-refractivity contribution in [2.45, 2.75) is 99.1 Å². The van der Waals surface area contributed by atoms with Gasteiger partial charge >= 0.3 is 0 Å². The minimum Gasteiger partial charge on any atom is -0.489 e. The molecule has 1 amide bonds. The Morgan fingerprint density at radius 2 is 1.72 bits per heavy atom. The summed E-state index contributed by atoms with van der Waals surface area (Å²) in [7, 11) is -4.78. The van der Waals surface area contributed by atoms with Crippen LogP contribution in [0.3, 0.4) is 0 Å². The summed E-state index contributed by atoms with van der Waals surface area (Å²) in [5.41, 5.74) is 2.98. The molecule has 18 nitrogen and oxygen atoms in total. The third-order valence-corrected chi connectivity index (χ3v) is 17.8. The maximum Gasteiger partial charge on any atom is 0.297 e. The molecule has 5 fully saturated rings. The number of carbonyl (C=O) groups excluding carboxylic acids is 1. The number of aromatic amines is 1. The number of nitro benzene ring substituents is 1. The molecule has 1 saturated carbocycles. The Balaban J connectivity index is 0.844. The number of hydrogen-bond donors (Lipinski definition) is 3. The molecule has 3 N–H and O–H groups in total. The molecule has 380 valence electrons. The van der Waals surface area contributed by atoms with Gasteiger partial charge < -0.3 is 43.8 Å². The summed E-state index contributed by atoms with van der Waals surface area (Å²) < 4.78 is 76.7. The maximum atomic E-state index is 16.0. The van der Waals surface area contributed by atoms with Crippen LogP contribution in [0.4, 0.5) is 32.8 Å². The fourth-order valence-corrected chi connectivity index (χ4v) is 13.4. The number of H-pyrrole nitrogens is 1. The number of nitrogens with one attached hydrogen (secondary N) is 3. The number of aryl methyl sites for hydroxylation is 1. The van der Waals surface area contributed by atoms with E-state index in [0.717, 1.165) is 81.6 Å². The van der Waals surface area contributed by atoms with Gasteiger partial charge in [-0.3, -0.25) is 19.8 Å². The number of anilines is 4. The van der Waals surface area contributed by atoms with Crippen LogP contribution >= 0.6 is 0 Å². The van der Waals surface area contributed by atoms with Crippen LogP contribution in [0.15, 0.2) is 77.8 Å². The number of hydrogen-bond acceptors (Lipinski definition) is 15. The van der Waals surface area contributed by atoms with Crippen LogP contribution in [0.25, 0.3) is 11.0 Å². The van der Waals surface area contributed by atoms with Gasteiger partial charge in [0.2, 0.25) is 5.88 Å². The van der Waals surface area contributed by atoms with E-state index < -0.39 is 49.3 Å². The first kappa shape index (κ1) is 47.0. The number of aromatic nitrogens is 2. The van der Waals surface area contributed by atoms with Crippen molar-refractivity contribution in [3.63, 3.8) is 0 Å². The number of amides is 1. The van der Waals surface area contributed by atoms with Crippen LogP contribution in [0.5, 0.6) is 11.6 Å². The summed E-state index contributed by atoms with van der Waals surface area (Å²) in [6, 6.07) is 19.5. The van der Waals surface area contributed by atoms with Crippen LogP contribution in [-0.2, 0) is 24.2 Å². The quantitative estimate of drug-likeness (QED) is 0.0968. The van der Waals surface area contributed by atoms with Crippen LogP contribution in [0.1, 0.15) is 78.9 Å². The smallest absolute Gasteiger partial charge is 0.297 e. The molecule has 4 atom stereocenters. The number of halogens is 1. The lowest BCUT2D eigenvalue weighted by atomic mass is 9.59. The number of nitrogens with zero attached hydrogens (tertiary/aromatic N) is 5. The van der Waals surface area contributed by atoms with Crippen molar-refractivity contribution in [1.29, 1.82) is 0 Å². The summed E-state index contributed by atoms with van der Waals surface area (Å²) >= 11 is 0. The van der Waals surface area contributed by atoms with Crippen molar-refractivity contribution in [3.8, 4) is 11.6 Å². The average Bonchev–Trinajstić information content (AvgIpc) is 3.70. The van der Waals surface area contributed by atoms with E-state index in [9.17, 15) is 23.3 Å². The van der Waals surface area contributed by atoms with Crippen LogP contribution in [0, 0.1) is 22.5 Å². The van der Waals surface area contributed by atoms with E-state index in [1.54, 1.807) is 12.3 Å². The minimum atomic E-state index is -4.78. The second-order valence-electron chi connectivity index (χ2n) is 20.6. The van der Waals surface area contributed by atoms with Crippen LogP contribution < -0.4 is 29.3 Å². The lowest BCUT2D eigenvalue weighted by molar-refractivity contribution is -0.384. The average molecular weight is 1010 g/mol. The molecule has 20 heteroatoms. The maximum absolute atomic E-state index is 16.0. The standard InChI is InChI=1S/C52H59FN8O10S/c1-32-5-2-3-6-37(32)43-29-68-19-4-16-59(43)35-27-51(28-35)11-17-58(18-12-51)34-7-8-38(40(24-34)60-39-10-20-69-30-45(39)71-50-42(60)23-33-9-15-54-48(33)56-50)49(62)57-72(65,66)36-25-41(61(63)64)47-44(26-36)70-31-46(55-47)52(53)13-21-67-22-14-52/h2-3,5-9,15,23-26,35,39,43,45-46,55H,4,10-14,16-22,27-31H2,1H3,(H,54,56)(H,57,62)/t39-,43-,45-,46-/m0/s1. The monoisotopic (exact) mass is 1010 g/mol. The predicted octanol–water partition coefficient (Wildman–Crippen LogP) is 7.49. The van der Waals surface area contributed by atoms with E-state index in [-0.39, 0.29) is 73.8 Å². The Hall–Kier alpha value is -6.06. The SMILES string of the molecule is Cc1ccccc1[C@@H]1COCCCN1C1CC2(CCN(c3ccc(C(=O)NS(=O)(=O)c4cc5c(c([N+](=O)[O-])c4)N[C@H](C4(F)CCOCC4)CO5)c(N4c5cc6cc[nH]c6nc5O[C@H]5COCC[C@@H]54)c3)CC2)C1. The van der Waals surface area contributed by atoms with Gasteiger partial charge in [-0.25, -0.2) is 17.5 Å². The summed E-state index contributed by atoms with van der Waals surface area (Å²) in [6.45, 7) is 7.18. The Morgan fingerprint density at radius 1 is 0.917 bits per heavy atom. The third-order valence-electron chi connectivity index (χ3n) is 16.5. The van der Waals surface area contributed by atoms with E-state index >= 15 is 4.39 Å². The summed E-state index contributed by atoms with van der Waals surface area (Å²) in [6.07, 6.45) is 7.31. The normalized spacial score (nSPS) is 25.1. The highest BCUT2D eigenvalue weighted by molar-refractivity contribution is 7.90. The van der Waals surface area contributed by atoms with Crippen molar-refractivity contribution in [2.75, 3.05) is 81.0 Å². The fourth-order valence-electron chi connectivity index (χ4n) is 12.4. The van der Waals surface area contributed by atoms with E-state index in [4.69, 9.17) is 28.7 Å². The molecule has 12 rings (SSSR count). The summed E-state index contributed by atoms with van der Waals surface area (Å²) in [4.78, 5) is 41.1. The van der Waals surface area contributed by atoms with Crippen LogP contribution in [0.2, 0.25) is 0 Å². The van der Waals surface area contributed by atoms with E-state index in [1.807, 2.05) is 29.2 Å². The number of sulfonamides is 1. The highest BCUT2D eigenvalue weighted by Crippen LogP contribution is 2.54. The molecule has 72 heavy (non-hydrogen) atoms. The number of nitro groups is 1. The van der Waals surface area contributed by atoms with E-state index in [0.29, 0.717) is 48.6 Å². The number of ether oxygens (including phenoxy) is 5. The number of piperidine rings is 1. The van der Waals surface area contributed by atoms with Gasteiger partial charge in [-0.1, -0.05) is 24.3 Å². The Morgan fingerprint density at radius 3 is 2.53 bits per heavy atom. The summed E-state index contributed by atoms with van der Waals surface area (Å²) in [5.74, 6) is -0.742. The number of pyridine rings is 1. The molecule has 6 aliphatic heterocycles. The molecule has 0 unspecified atom stereocenters. The van der Waals surface area contributed by atoms with Gasteiger partial charge in [0.25, 0.3) is 21.6 Å². The second-order valence-corrected chi connectivity index (χ2v) is 22.3. The Kier molecular flexibility index (Phi) is 12.0. The lowest BCUT2D eigenvalue weighted by Crippen LogP contribution is -2.56. The second kappa shape index (κ2) is 18.5. The minimum absolute atomic E-state index is 0.0625.